The first-order valence-electron chi connectivity index (χ1n) is 7.47. The van der Waals surface area contributed by atoms with Crippen molar-refractivity contribution in [3.63, 3.8) is 0 Å². The average Bonchev–Trinajstić information content (AvgIpc) is 2.98. The lowest BCUT2D eigenvalue weighted by molar-refractivity contribution is 0.175. The van der Waals surface area contributed by atoms with Crippen LogP contribution in [0.25, 0.3) is 0 Å². The Balaban J connectivity index is 1.67. The summed E-state index contributed by atoms with van der Waals surface area (Å²) in [6.45, 7) is 1.91. The van der Waals surface area contributed by atoms with Crippen LogP contribution in [0.1, 0.15) is 43.6 Å². The van der Waals surface area contributed by atoms with E-state index in [0.717, 1.165) is 35.1 Å². The quantitative estimate of drug-likeness (QED) is 0.842. The van der Waals surface area contributed by atoms with Crippen LogP contribution in [-0.4, -0.2) is 6.03 Å². The second kappa shape index (κ2) is 6.16. The van der Waals surface area contributed by atoms with E-state index in [1.165, 1.54) is 0 Å². The first kappa shape index (κ1) is 15.2. The van der Waals surface area contributed by atoms with Crippen LogP contribution in [0.4, 0.5) is 4.79 Å². The number of halogens is 1. The fraction of sp³-hybridized carbons (Fsp3) is 0.353. The smallest absolute Gasteiger partial charge is 0.316 e. The molecule has 1 unspecified atom stereocenters. The van der Waals surface area contributed by atoms with Gasteiger partial charge in [0.05, 0.1) is 17.8 Å². The van der Waals surface area contributed by atoms with Crippen molar-refractivity contribution in [2.24, 2.45) is 0 Å². The Hall–Kier alpha value is -1.75. The SMILES string of the molecule is CC(NC(=O)NC1(c2ccc(Br)cc2)CCC1)c1ccco1. The van der Waals surface area contributed by atoms with Crippen molar-refractivity contribution in [2.45, 2.75) is 37.8 Å². The molecule has 22 heavy (non-hydrogen) atoms. The number of urea groups is 1. The number of amides is 2. The van der Waals surface area contributed by atoms with Gasteiger partial charge in [0, 0.05) is 4.47 Å². The van der Waals surface area contributed by atoms with Crippen LogP contribution in [0.5, 0.6) is 0 Å². The van der Waals surface area contributed by atoms with E-state index in [2.05, 4.69) is 38.7 Å². The van der Waals surface area contributed by atoms with Crippen molar-refractivity contribution in [3.05, 3.63) is 58.5 Å². The molecule has 0 aliphatic heterocycles. The normalized spacial score (nSPS) is 17.4. The topological polar surface area (TPSA) is 54.3 Å². The lowest BCUT2D eigenvalue weighted by atomic mass is 9.72. The molecule has 1 aromatic heterocycles. The molecule has 1 atom stereocenters. The molecule has 1 aliphatic carbocycles. The van der Waals surface area contributed by atoms with Crippen molar-refractivity contribution < 1.29 is 9.21 Å². The highest BCUT2D eigenvalue weighted by Crippen LogP contribution is 2.41. The number of carbonyl (C=O) groups excluding carboxylic acids is 1. The maximum absolute atomic E-state index is 12.3. The Labute approximate surface area is 138 Å². The second-order valence-electron chi connectivity index (χ2n) is 5.78. The lowest BCUT2D eigenvalue weighted by Gasteiger charge is -2.43. The van der Waals surface area contributed by atoms with Crippen molar-refractivity contribution >= 4 is 22.0 Å². The van der Waals surface area contributed by atoms with E-state index >= 15 is 0 Å². The summed E-state index contributed by atoms with van der Waals surface area (Å²) in [4.78, 5) is 12.3. The number of hydrogen-bond acceptors (Lipinski definition) is 2. The van der Waals surface area contributed by atoms with Gasteiger partial charge in [0.2, 0.25) is 0 Å². The van der Waals surface area contributed by atoms with Crippen LogP contribution in [0.3, 0.4) is 0 Å². The number of furan rings is 1. The molecular weight excluding hydrogens is 344 g/mol. The van der Waals surface area contributed by atoms with Crippen molar-refractivity contribution in [3.8, 4) is 0 Å². The molecule has 4 nitrogen and oxygen atoms in total. The molecular formula is C17H19BrN2O2. The number of carbonyl (C=O) groups is 1. The summed E-state index contributed by atoms with van der Waals surface area (Å²) in [6, 6.07) is 11.5. The Morgan fingerprint density at radius 3 is 2.55 bits per heavy atom. The summed E-state index contributed by atoms with van der Waals surface area (Å²) in [6.07, 6.45) is 4.68. The van der Waals surface area contributed by atoms with E-state index < -0.39 is 0 Å². The molecule has 2 aromatic rings. The maximum Gasteiger partial charge on any atom is 0.316 e. The number of hydrogen-bond donors (Lipinski definition) is 2. The third-order valence-electron chi connectivity index (χ3n) is 4.27. The van der Waals surface area contributed by atoms with Gasteiger partial charge in [-0.2, -0.15) is 0 Å². The molecule has 1 aromatic carbocycles. The number of nitrogens with one attached hydrogen (secondary N) is 2. The zero-order valence-electron chi connectivity index (χ0n) is 12.4. The highest BCUT2D eigenvalue weighted by atomic mass is 79.9. The van der Waals surface area contributed by atoms with Crippen LogP contribution in [0.15, 0.2) is 51.6 Å². The summed E-state index contributed by atoms with van der Waals surface area (Å²) in [5, 5.41) is 6.09. The predicted molar refractivity (Wildman–Crippen MR) is 88.5 cm³/mol. The first-order valence-corrected chi connectivity index (χ1v) is 8.26. The largest absolute Gasteiger partial charge is 0.467 e. The van der Waals surface area contributed by atoms with E-state index in [9.17, 15) is 4.79 Å². The number of rotatable bonds is 4. The van der Waals surface area contributed by atoms with Gasteiger partial charge in [-0.1, -0.05) is 28.1 Å². The summed E-state index contributed by atoms with van der Waals surface area (Å²) in [5.74, 6) is 0.751. The number of benzene rings is 1. The molecule has 1 heterocycles. The van der Waals surface area contributed by atoms with Gasteiger partial charge in [-0.25, -0.2) is 4.79 Å². The van der Waals surface area contributed by atoms with Gasteiger partial charge in [0.25, 0.3) is 0 Å². The van der Waals surface area contributed by atoms with E-state index in [0.29, 0.717) is 0 Å². The third-order valence-corrected chi connectivity index (χ3v) is 4.80. The van der Waals surface area contributed by atoms with E-state index in [-0.39, 0.29) is 17.6 Å². The standard InChI is InChI=1S/C17H19BrN2O2/c1-12(15-4-2-11-22-15)19-16(21)20-17(9-3-10-17)13-5-7-14(18)8-6-13/h2,4-8,11-12H,3,9-10H2,1H3,(H2,19,20,21). The van der Waals surface area contributed by atoms with E-state index in [1.54, 1.807) is 6.26 Å². The molecule has 1 aliphatic rings. The molecule has 1 saturated carbocycles. The second-order valence-corrected chi connectivity index (χ2v) is 6.69. The van der Waals surface area contributed by atoms with Crippen LogP contribution < -0.4 is 10.6 Å². The van der Waals surface area contributed by atoms with Crippen molar-refractivity contribution in [2.75, 3.05) is 0 Å². The van der Waals surface area contributed by atoms with E-state index in [4.69, 9.17) is 4.42 Å². The summed E-state index contributed by atoms with van der Waals surface area (Å²) >= 11 is 3.45. The molecule has 0 bridgehead atoms. The Morgan fingerprint density at radius 1 is 1.27 bits per heavy atom. The fourth-order valence-electron chi connectivity index (χ4n) is 2.84. The minimum Gasteiger partial charge on any atom is -0.467 e. The van der Waals surface area contributed by atoms with Gasteiger partial charge in [-0.05, 0) is 56.0 Å². The molecule has 5 heteroatoms. The van der Waals surface area contributed by atoms with Crippen molar-refractivity contribution in [1.82, 2.24) is 10.6 Å². The molecule has 0 spiro atoms. The summed E-state index contributed by atoms with van der Waals surface area (Å²) in [5.41, 5.74) is 0.913. The van der Waals surface area contributed by atoms with Gasteiger partial charge in [0.1, 0.15) is 5.76 Å². The Morgan fingerprint density at radius 2 is 2.00 bits per heavy atom. The molecule has 3 rings (SSSR count). The molecule has 1 fully saturated rings. The predicted octanol–water partition coefficient (Wildman–Crippen LogP) is 4.48. The van der Waals surface area contributed by atoms with Gasteiger partial charge in [-0.3, -0.25) is 0 Å². The summed E-state index contributed by atoms with van der Waals surface area (Å²) in [7, 11) is 0. The summed E-state index contributed by atoms with van der Waals surface area (Å²) < 4.78 is 6.36. The van der Waals surface area contributed by atoms with Crippen LogP contribution >= 0.6 is 15.9 Å². The van der Waals surface area contributed by atoms with Gasteiger partial charge >= 0.3 is 6.03 Å². The molecule has 2 N–H and O–H groups in total. The van der Waals surface area contributed by atoms with Gasteiger partial charge < -0.3 is 15.1 Å². The Kier molecular flexibility index (Phi) is 4.25. The average molecular weight is 363 g/mol. The minimum atomic E-state index is -0.242. The van der Waals surface area contributed by atoms with Crippen LogP contribution in [0, 0.1) is 0 Å². The zero-order valence-corrected chi connectivity index (χ0v) is 14.0. The van der Waals surface area contributed by atoms with Gasteiger partial charge in [-0.15, -0.1) is 0 Å². The highest BCUT2D eigenvalue weighted by Gasteiger charge is 2.40. The molecule has 0 saturated heterocycles. The molecule has 2 amide bonds. The monoisotopic (exact) mass is 362 g/mol. The third kappa shape index (κ3) is 3.04. The maximum atomic E-state index is 12.3. The lowest BCUT2D eigenvalue weighted by Crippen LogP contribution is -2.54. The van der Waals surface area contributed by atoms with Crippen molar-refractivity contribution in [1.29, 1.82) is 0 Å². The Bertz CT molecular complexity index is 633. The molecule has 116 valence electrons. The fourth-order valence-corrected chi connectivity index (χ4v) is 3.11. The van der Waals surface area contributed by atoms with Crippen LogP contribution in [0.2, 0.25) is 0 Å². The highest BCUT2D eigenvalue weighted by molar-refractivity contribution is 9.10. The first-order chi connectivity index (χ1) is 10.6. The minimum absolute atomic E-state index is 0.156. The zero-order chi connectivity index (χ0) is 15.6. The van der Waals surface area contributed by atoms with E-state index in [1.807, 2.05) is 31.2 Å². The molecule has 0 radical (unpaired) electrons. The van der Waals surface area contributed by atoms with Gasteiger partial charge in [0.15, 0.2) is 0 Å². The van der Waals surface area contributed by atoms with Crippen LogP contribution in [-0.2, 0) is 5.54 Å².